The second-order valence-electron chi connectivity index (χ2n) is 8.36. The minimum atomic E-state index is -0.755. The maximum absolute atomic E-state index is 13.7. The Hall–Kier alpha value is -4.78. The molecule has 0 spiro atoms. The lowest BCUT2D eigenvalue weighted by atomic mass is 9.82. The van der Waals surface area contributed by atoms with Gasteiger partial charge >= 0.3 is 5.69 Å². The van der Waals surface area contributed by atoms with E-state index in [1.54, 1.807) is 0 Å². The van der Waals surface area contributed by atoms with E-state index in [2.05, 4.69) is 0 Å². The first-order valence-electron chi connectivity index (χ1n) is 11.0. The Kier molecular flexibility index (Phi) is 5.17. The molecule has 1 aliphatic heterocycles. The van der Waals surface area contributed by atoms with Gasteiger partial charge in [-0.1, -0.05) is 60.7 Å². The maximum Gasteiger partial charge on any atom is 0.312 e. The van der Waals surface area contributed by atoms with Crippen LogP contribution in [0.25, 0.3) is 22.3 Å². The van der Waals surface area contributed by atoms with Crippen LogP contribution in [0.2, 0.25) is 0 Å². The van der Waals surface area contributed by atoms with Crippen LogP contribution in [0.15, 0.2) is 78.9 Å². The van der Waals surface area contributed by atoms with Crippen LogP contribution in [0.1, 0.15) is 31.8 Å². The number of benzene rings is 4. The molecule has 0 aromatic heterocycles. The summed E-state index contributed by atoms with van der Waals surface area (Å²) < 4.78 is 0. The predicted molar refractivity (Wildman–Crippen MR) is 133 cm³/mol. The van der Waals surface area contributed by atoms with E-state index in [9.17, 15) is 24.8 Å². The van der Waals surface area contributed by atoms with Crippen molar-refractivity contribution in [2.45, 2.75) is 13.8 Å². The van der Waals surface area contributed by atoms with Gasteiger partial charge in [-0.15, -0.1) is 0 Å². The summed E-state index contributed by atoms with van der Waals surface area (Å²) in [4.78, 5) is 38.8. The van der Waals surface area contributed by atoms with Gasteiger partial charge in [0.05, 0.1) is 21.7 Å². The van der Waals surface area contributed by atoms with Gasteiger partial charge in [0.1, 0.15) is 0 Å². The zero-order valence-corrected chi connectivity index (χ0v) is 19.0. The molecule has 0 saturated carbocycles. The number of nitro benzene ring substituents is 1. The molecular formula is C28H20N2O5. The number of hydrogen-bond donors (Lipinski definition) is 1. The molecule has 0 aliphatic carbocycles. The molecule has 5 rings (SSSR count). The van der Waals surface area contributed by atoms with Crippen LogP contribution in [0.3, 0.4) is 0 Å². The standard InChI is InChI=1S/C28H20N2O5/c1-16-23(18-9-5-3-6-10-18)24(19-11-7-4-8-12-19)17(2)26-25(16)27(32)29(28(26)33)20-13-14-22(31)21(15-20)30(34)35/h3-15,31H,1-2H3. The molecule has 2 amide bonds. The van der Waals surface area contributed by atoms with Gasteiger partial charge in [0.2, 0.25) is 0 Å². The van der Waals surface area contributed by atoms with E-state index in [0.717, 1.165) is 39.3 Å². The van der Waals surface area contributed by atoms with Gasteiger partial charge in [-0.2, -0.15) is 0 Å². The summed E-state index contributed by atoms with van der Waals surface area (Å²) in [5, 5.41) is 21.2. The Labute approximate surface area is 201 Å². The van der Waals surface area contributed by atoms with Crippen LogP contribution in [0, 0.1) is 24.0 Å². The Balaban J connectivity index is 1.79. The predicted octanol–water partition coefficient (Wildman–Crippen LogP) is 6.05. The second kappa shape index (κ2) is 8.22. The number of imide groups is 1. The minimum Gasteiger partial charge on any atom is -0.502 e. The van der Waals surface area contributed by atoms with Crippen molar-refractivity contribution in [3.63, 3.8) is 0 Å². The number of rotatable bonds is 4. The molecule has 1 N–H and O–H groups in total. The molecular weight excluding hydrogens is 444 g/mol. The van der Waals surface area contributed by atoms with Crippen LogP contribution >= 0.6 is 0 Å². The van der Waals surface area contributed by atoms with Crippen molar-refractivity contribution in [1.82, 2.24) is 0 Å². The highest BCUT2D eigenvalue weighted by atomic mass is 16.6. The van der Waals surface area contributed by atoms with Gasteiger partial charge in [0, 0.05) is 6.07 Å². The normalized spacial score (nSPS) is 12.7. The number of anilines is 1. The average Bonchev–Trinajstić information content (AvgIpc) is 3.13. The van der Waals surface area contributed by atoms with E-state index in [-0.39, 0.29) is 16.8 Å². The van der Waals surface area contributed by atoms with Crippen LogP contribution in [-0.2, 0) is 0 Å². The fraction of sp³-hybridized carbons (Fsp3) is 0.0714. The van der Waals surface area contributed by atoms with Crippen LogP contribution in [0.5, 0.6) is 5.75 Å². The van der Waals surface area contributed by atoms with Crippen molar-refractivity contribution in [3.05, 3.63) is 111 Å². The number of phenols is 1. The van der Waals surface area contributed by atoms with E-state index in [0.29, 0.717) is 11.1 Å². The summed E-state index contributed by atoms with van der Waals surface area (Å²) in [6, 6.07) is 22.8. The number of hydrogen-bond acceptors (Lipinski definition) is 5. The molecule has 7 heteroatoms. The smallest absolute Gasteiger partial charge is 0.312 e. The fourth-order valence-corrected chi connectivity index (χ4v) is 4.81. The molecule has 0 saturated heterocycles. The van der Waals surface area contributed by atoms with Gasteiger partial charge in [-0.3, -0.25) is 19.7 Å². The number of carbonyl (C=O) groups excluding carboxylic acids is 2. The summed E-state index contributed by atoms with van der Waals surface area (Å²) in [6.07, 6.45) is 0. The summed E-state index contributed by atoms with van der Waals surface area (Å²) in [5.74, 6) is -1.65. The van der Waals surface area contributed by atoms with Crippen molar-refractivity contribution in [2.75, 3.05) is 4.90 Å². The molecule has 1 heterocycles. The number of nitrogens with zero attached hydrogens (tertiary/aromatic N) is 2. The minimum absolute atomic E-state index is 0.0297. The average molecular weight is 464 g/mol. The summed E-state index contributed by atoms with van der Waals surface area (Å²) in [5.41, 5.74) is 4.85. The van der Waals surface area contributed by atoms with Crippen molar-refractivity contribution in [1.29, 1.82) is 0 Å². The molecule has 0 radical (unpaired) electrons. The first-order chi connectivity index (χ1) is 16.8. The Morgan fingerprint density at radius 1 is 0.714 bits per heavy atom. The third kappa shape index (κ3) is 3.36. The van der Waals surface area contributed by atoms with E-state index in [1.165, 1.54) is 6.07 Å². The highest BCUT2D eigenvalue weighted by Crippen LogP contribution is 2.45. The van der Waals surface area contributed by atoms with E-state index in [4.69, 9.17) is 0 Å². The van der Waals surface area contributed by atoms with E-state index in [1.807, 2.05) is 74.5 Å². The van der Waals surface area contributed by atoms with Crippen molar-refractivity contribution < 1.29 is 19.6 Å². The fourth-order valence-electron chi connectivity index (χ4n) is 4.81. The number of amides is 2. The third-order valence-corrected chi connectivity index (χ3v) is 6.37. The Morgan fingerprint density at radius 2 is 1.17 bits per heavy atom. The van der Waals surface area contributed by atoms with Gasteiger partial charge in [0.15, 0.2) is 5.75 Å². The molecule has 0 atom stereocenters. The molecule has 0 bridgehead atoms. The Morgan fingerprint density at radius 3 is 1.60 bits per heavy atom. The first kappa shape index (κ1) is 22.0. The molecule has 4 aromatic carbocycles. The Bertz CT molecular complexity index is 1440. The monoisotopic (exact) mass is 464 g/mol. The number of aromatic hydroxyl groups is 1. The molecule has 35 heavy (non-hydrogen) atoms. The highest BCUT2D eigenvalue weighted by Gasteiger charge is 2.42. The van der Waals surface area contributed by atoms with Gasteiger partial charge < -0.3 is 5.11 Å². The molecule has 1 aliphatic rings. The lowest BCUT2D eigenvalue weighted by molar-refractivity contribution is -0.385. The summed E-state index contributed by atoms with van der Waals surface area (Å²) >= 11 is 0. The second-order valence-corrected chi connectivity index (χ2v) is 8.36. The number of phenolic OH excluding ortho intramolecular Hbond substituents is 1. The number of carbonyl (C=O) groups is 2. The van der Waals surface area contributed by atoms with E-state index >= 15 is 0 Å². The third-order valence-electron chi connectivity index (χ3n) is 6.37. The molecule has 0 fully saturated rings. The van der Waals surface area contributed by atoms with Crippen LogP contribution < -0.4 is 4.90 Å². The maximum atomic E-state index is 13.7. The number of nitro groups is 1. The molecule has 4 aromatic rings. The topological polar surface area (TPSA) is 101 Å². The zero-order valence-electron chi connectivity index (χ0n) is 19.0. The van der Waals surface area contributed by atoms with E-state index < -0.39 is 28.2 Å². The lowest BCUT2D eigenvalue weighted by Crippen LogP contribution is -2.29. The van der Waals surface area contributed by atoms with Crippen LogP contribution in [-0.4, -0.2) is 21.8 Å². The summed E-state index contributed by atoms with van der Waals surface area (Å²) in [7, 11) is 0. The number of fused-ring (bicyclic) bond motifs is 1. The molecule has 7 nitrogen and oxygen atoms in total. The summed E-state index contributed by atoms with van der Waals surface area (Å²) in [6.45, 7) is 3.64. The SMILES string of the molecule is Cc1c2c(c(C)c(-c3ccccc3)c1-c1ccccc1)C(=O)N(c1ccc(O)c([N+](=O)[O-])c1)C2=O. The van der Waals surface area contributed by atoms with Crippen molar-refractivity contribution in [2.24, 2.45) is 0 Å². The van der Waals surface area contributed by atoms with Crippen molar-refractivity contribution in [3.8, 4) is 28.0 Å². The van der Waals surface area contributed by atoms with Gasteiger partial charge in [-0.05, 0) is 59.4 Å². The zero-order chi connectivity index (χ0) is 24.9. The van der Waals surface area contributed by atoms with Gasteiger partial charge in [-0.25, -0.2) is 4.90 Å². The quantitative estimate of drug-likeness (QED) is 0.225. The molecule has 172 valence electrons. The lowest BCUT2D eigenvalue weighted by Gasteiger charge is -2.19. The largest absolute Gasteiger partial charge is 0.502 e. The van der Waals surface area contributed by atoms with Crippen molar-refractivity contribution >= 4 is 23.2 Å². The molecule has 0 unspecified atom stereocenters. The first-order valence-corrected chi connectivity index (χ1v) is 11.0. The van der Waals surface area contributed by atoms with Crippen LogP contribution in [0.4, 0.5) is 11.4 Å². The van der Waals surface area contributed by atoms with Gasteiger partial charge in [0.25, 0.3) is 11.8 Å². The highest BCUT2D eigenvalue weighted by molar-refractivity contribution is 6.36.